The van der Waals surface area contributed by atoms with Crippen LogP contribution in [-0.2, 0) is 9.59 Å². The van der Waals surface area contributed by atoms with E-state index in [4.69, 9.17) is 5.11 Å². The Morgan fingerprint density at radius 1 is 1.05 bits per heavy atom. The summed E-state index contributed by atoms with van der Waals surface area (Å²) in [6, 6.07) is -0.752. The van der Waals surface area contributed by atoms with Crippen LogP contribution in [0.4, 0.5) is 0 Å². The average Bonchev–Trinajstić information content (AvgIpc) is 2.38. The smallest absolute Gasteiger partial charge is 0.326 e. The maximum atomic E-state index is 11.7. The third-order valence-corrected chi connectivity index (χ3v) is 3.55. The summed E-state index contributed by atoms with van der Waals surface area (Å²) in [6.07, 6.45) is 7.94. The van der Waals surface area contributed by atoms with Gasteiger partial charge in [0.2, 0.25) is 5.91 Å². The largest absolute Gasteiger partial charge is 0.480 e. The summed E-state index contributed by atoms with van der Waals surface area (Å²) in [5.74, 6) is -1.11. The van der Waals surface area contributed by atoms with Gasteiger partial charge in [0.15, 0.2) is 0 Å². The minimum Gasteiger partial charge on any atom is -0.480 e. The molecular weight excluding hydrogens is 242 g/mol. The lowest BCUT2D eigenvalue weighted by Gasteiger charge is -2.20. The first-order chi connectivity index (χ1) is 9.02. The summed E-state index contributed by atoms with van der Waals surface area (Å²) in [5.41, 5.74) is 0. The van der Waals surface area contributed by atoms with Gasteiger partial charge in [-0.25, -0.2) is 4.79 Å². The molecule has 0 spiro atoms. The van der Waals surface area contributed by atoms with Gasteiger partial charge in [0.25, 0.3) is 0 Å². The number of nitrogens with one attached hydrogen (secondary N) is 1. The molecule has 4 nitrogen and oxygen atoms in total. The summed E-state index contributed by atoms with van der Waals surface area (Å²) in [6.45, 7) is 5.96. The number of carboxylic acids is 1. The van der Waals surface area contributed by atoms with E-state index >= 15 is 0 Å². The molecule has 0 saturated heterocycles. The minimum absolute atomic E-state index is 0.0361. The van der Waals surface area contributed by atoms with Crippen molar-refractivity contribution < 1.29 is 14.7 Å². The van der Waals surface area contributed by atoms with E-state index in [1.54, 1.807) is 0 Å². The number of rotatable bonds is 11. The molecule has 19 heavy (non-hydrogen) atoms. The molecule has 1 amide bonds. The molecule has 0 aliphatic heterocycles. The Balaban J connectivity index is 3.85. The fraction of sp³-hybridized carbons (Fsp3) is 0.867. The first-order valence-corrected chi connectivity index (χ1v) is 7.55. The molecule has 4 heteroatoms. The number of hydrogen-bond acceptors (Lipinski definition) is 2. The molecule has 0 heterocycles. The van der Waals surface area contributed by atoms with Crippen LogP contribution in [-0.4, -0.2) is 23.0 Å². The van der Waals surface area contributed by atoms with E-state index in [1.165, 1.54) is 19.3 Å². The van der Waals surface area contributed by atoms with E-state index in [2.05, 4.69) is 12.2 Å². The van der Waals surface area contributed by atoms with Crippen molar-refractivity contribution in [3.05, 3.63) is 0 Å². The van der Waals surface area contributed by atoms with Gasteiger partial charge in [0.1, 0.15) is 6.04 Å². The van der Waals surface area contributed by atoms with Crippen molar-refractivity contribution in [2.75, 3.05) is 0 Å². The highest BCUT2D eigenvalue weighted by molar-refractivity contribution is 5.83. The molecule has 0 aromatic carbocycles. The number of unbranched alkanes of at least 4 members (excludes halogenated alkanes) is 5. The van der Waals surface area contributed by atoms with E-state index < -0.39 is 12.0 Å². The highest BCUT2D eigenvalue weighted by atomic mass is 16.4. The number of amides is 1. The monoisotopic (exact) mass is 271 g/mol. The molecule has 0 aromatic rings. The van der Waals surface area contributed by atoms with Gasteiger partial charge < -0.3 is 10.4 Å². The van der Waals surface area contributed by atoms with E-state index in [0.717, 1.165) is 25.7 Å². The zero-order valence-electron chi connectivity index (χ0n) is 12.6. The maximum Gasteiger partial charge on any atom is 0.326 e. The van der Waals surface area contributed by atoms with Crippen LogP contribution in [0.5, 0.6) is 0 Å². The van der Waals surface area contributed by atoms with Crippen LogP contribution in [0, 0.1) is 5.92 Å². The van der Waals surface area contributed by atoms with Crippen LogP contribution >= 0.6 is 0 Å². The van der Waals surface area contributed by atoms with Crippen LogP contribution in [0.15, 0.2) is 0 Å². The Kier molecular flexibility index (Phi) is 10.2. The van der Waals surface area contributed by atoms with E-state index in [1.807, 2.05) is 13.8 Å². The number of carbonyl (C=O) groups excluding carboxylic acids is 1. The molecule has 0 fully saturated rings. The number of aliphatic carboxylic acids is 1. The van der Waals surface area contributed by atoms with Gasteiger partial charge in [-0.15, -0.1) is 0 Å². The summed E-state index contributed by atoms with van der Waals surface area (Å²) in [5, 5.41) is 11.7. The molecule has 0 saturated carbocycles. The SMILES string of the molecule is CCCCCCCCC(=O)NC(C(=O)O)C(C)CC. The lowest BCUT2D eigenvalue weighted by atomic mass is 9.99. The van der Waals surface area contributed by atoms with Gasteiger partial charge in [-0.1, -0.05) is 59.3 Å². The van der Waals surface area contributed by atoms with Gasteiger partial charge in [0.05, 0.1) is 0 Å². The first kappa shape index (κ1) is 17.9. The van der Waals surface area contributed by atoms with E-state index in [-0.39, 0.29) is 11.8 Å². The van der Waals surface area contributed by atoms with Crippen molar-refractivity contribution in [2.45, 2.75) is 78.2 Å². The number of hydrogen-bond donors (Lipinski definition) is 2. The zero-order chi connectivity index (χ0) is 14.7. The number of carboxylic acid groups (broad SMARTS) is 1. The van der Waals surface area contributed by atoms with Gasteiger partial charge in [-0.3, -0.25) is 4.79 Å². The zero-order valence-corrected chi connectivity index (χ0v) is 12.6. The standard InChI is InChI=1S/C15H29NO3/c1-4-6-7-8-9-10-11-13(17)16-14(15(18)19)12(3)5-2/h12,14H,4-11H2,1-3H3,(H,16,17)(H,18,19). The lowest BCUT2D eigenvalue weighted by molar-refractivity contribution is -0.143. The molecular formula is C15H29NO3. The normalized spacial score (nSPS) is 13.8. The average molecular weight is 271 g/mol. The Bertz CT molecular complexity index is 266. The third-order valence-electron chi connectivity index (χ3n) is 3.55. The van der Waals surface area contributed by atoms with Crippen LogP contribution in [0.25, 0.3) is 0 Å². The van der Waals surface area contributed by atoms with Crippen molar-refractivity contribution in [2.24, 2.45) is 5.92 Å². The van der Waals surface area contributed by atoms with Crippen LogP contribution in [0.3, 0.4) is 0 Å². The van der Waals surface area contributed by atoms with Gasteiger partial charge in [-0.2, -0.15) is 0 Å². The van der Waals surface area contributed by atoms with Gasteiger partial charge in [0, 0.05) is 6.42 Å². The van der Waals surface area contributed by atoms with Gasteiger partial charge in [-0.05, 0) is 12.3 Å². The Hall–Kier alpha value is -1.06. The lowest BCUT2D eigenvalue weighted by Crippen LogP contribution is -2.44. The summed E-state index contributed by atoms with van der Waals surface area (Å²) < 4.78 is 0. The topological polar surface area (TPSA) is 66.4 Å². The van der Waals surface area contributed by atoms with Crippen molar-refractivity contribution in [3.63, 3.8) is 0 Å². The molecule has 0 aliphatic carbocycles. The Morgan fingerprint density at radius 2 is 1.63 bits per heavy atom. The van der Waals surface area contributed by atoms with Crippen LogP contribution in [0.2, 0.25) is 0 Å². The third kappa shape index (κ3) is 8.62. The van der Waals surface area contributed by atoms with Crippen molar-refractivity contribution in [1.82, 2.24) is 5.32 Å². The van der Waals surface area contributed by atoms with Crippen molar-refractivity contribution in [1.29, 1.82) is 0 Å². The highest BCUT2D eigenvalue weighted by Crippen LogP contribution is 2.10. The summed E-state index contributed by atoms with van der Waals surface area (Å²) >= 11 is 0. The van der Waals surface area contributed by atoms with Crippen molar-refractivity contribution in [3.8, 4) is 0 Å². The van der Waals surface area contributed by atoms with Gasteiger partial charge >= 0.3 is 5.97 Å². The predicted octanol–water partition coefficient (Wildman–Crippen LogP) is 3.35. The minimum atomic E-state index is -0.939. The molecule has 0 aromatic heterocycles. The second-order valence-corrected chi connectivity index (χ2v) is 5.29. The summed E-state index contributed by atoms with van der Waals surface area (Å²) in [4.78, 5) is 22.8. The molecule has 0 radical (unpaired) electrons. The van der Waals surface area contributed by atoms with Crippen LogP contribution < -0.4 is 5.32 Å². The molecule has 2 unspecified atom stereocenters. The van der Waals surface area contributed by atoms with Crippen molar-refractivity contribution >= 4 is 11.9 Å². The molecule has 0 rings (SSSR count). The quantitative estimate of drug-likeness (QED) is 0.566. The summed E-state index contributed by atoms with van der Waals surface area (Å²) in [7, 11) is 0. The molecule has 2 N–H and O–H groups in total. The van der Waals surface area contributed by atoms with E-state index in [9.17, 15) is 9.59 Å². The molecule has 0 bridgehead atoms. The van der Waals surface area contributed by atoms with Crippen LogP contribution in [0.1, 0.15) is 72.1 Å². The Labute approximate surface area is 117 Å². The predicted molar refractivity (Wildman–Crippen MR) is 77.0 cm³/mol. The highest BCUT2D eigenvalue weighted by Gasteiger charge is 2.24. The van der Waals surface area contributed by atoms with E-state index in [0.29, 0.717) is 6.42 Å². The second-order valence-electron chi connectivity index (χ2n) is 5.29. The second kappa shape index (κ2) is 10.8. The first-order valence-electron chi connectivity index (χ1n) is 7.55. The Morgan fingerprint density at radius 3 is 2.16 bits per heavy atom. The maximum absolute atomic E-state index is 11.7. The fourth-order valence-electron chi connectivity index (χ4n) is 1.99. The number of carbonyl (C=O) groups is 2. The molecule has 2 atom stereocenters. The fourth-order valence-corrected chi connectivity index (χ4v) is 1.99. The molecule has 0 aliphatic rings. The molecule has 112 valence electrons.